The Morgan fingerprint density at radius 3 is 0.846 bits per heavy atom. The van der Waals surface area contributed by atoms with Gasteiger partial charge in [-0.1, -0.05) is 85.2 Å². The number of benzene rings is 1. The summed E-state index contributed by atoms with van der Waals surface area (Å²) in [6.07, 6.45) is 9.88. The van der Waals surface area contributed by atoms with E-state index in [-0.39, 0.29) is 4.03 Å². The SMILES string of the molecule is BrP(Br)Br.CCCc1c(CBr)c(CBr)c(CCC)c(CCC)c1CCC. The van der Waals surface area contributed by atoms with Crippen LogP contribution >= 0.6 is 82.4 Å². The predicted octanol–water partition coefficient (Wildman–Crippen LogP) is 10.7. The number of alkyl halides is 2. The van der Waals surface area contributed by atoms with Crippen molar-refractivity contribution >= 4 is 82.4 Å². The minimum absolute atomic E-state index is 0.183. The van der Waals surface area contributed by atoms with Crippen LogP contribution < -0.4 is 0 Å². The maximum Gasteiger partial charge on any atom is 0.103 e. The van der Waals surface area contributed by atoms with E-state index in [0.29, 0.717) is 0 Å². The molecule has 0 saturated heterocycles. The molecule has 26 heavy (non-hydrogen) atoms. The molecule has 0 saturated carbocycles. The van der Waals surface area contributed by atoms with Crippen LogP contribution in [0.4, 0.5) is 0 Å². The third-order valence-corrected chi connectivity index (χ3v) is 5.57. The van der Waals surface area contributed by atoms with Crippen molar-refractivity contribution in [2.75, 3.05) is 0 Å². The summed E-state index contributed by atoms with van der Waals surface area (Å²) in [4.78, 5) is 0. The Morgan fingerprint density at radius 1 is 0.500 bits per heavy atom. The lowest BCUT2D eigenvalue weighted by atomic mass is 9.81. The molecule has 1 aromatic carbocycles. The molecule has 0 bridgehead atoms. The molecular formula is C20H32Br5P. The minimum atomic E-state index is -0.183. The van der Waals surface area contributed by atoms with Crippen LogP contribution in [-0.2, 0) is 36.3 Å². The molecular weight excluding hydrogens is 671 g/mol. The van der Waals surface area contributed by atoms with Crippen molar-refractivity contribution in [3.8, 4) is 0 Å². The molecule has 1 aromatic rings. The number of halogens is 5. The van der Waals surface area contributed by atoms with Crippen molar-refractivity contribution in [1.82, 2.24) is 0 Å². The van der Waals surface area contributed by atoms with Crippen LogP contribution in [0.1, 0.15) is 86.8 Å². The van der Waals surface area contributed by atoms with Gasteiger partial charge < -0.3 is 0 Å². The van der Waals surface area contributed by atoms with Crippen LogP contribution in [0, 0.1) is 0 Å². The van der Waals surface area contributed by atoms with E-state index in [9.17, 15) is 0 Å². The molecule has 0 radical (unpaired) electrons. The van der Waals surface area contributed by atoms with Gasteiger partial charge >= 0.3 is 0 Å². The van der Waals surface area contributed by atoms with E-state index in [1.165, 1.54) is 51.4 Å². The van der Waals surface area contributed by atoms with Crippen molar-refractivity contribution in [2.45, 2.75) is 89.7 Å². The Balaban J connectivity index is 0.00000141. The Hall–Kier alpha value is 2.05. The molecule has 1 rings (SSSR count). The molecule has 0 fully saturated rings. The fourth-order valence-electron chi connectivity index (χ4n) is 3.62. The van der Waals surface area contributed by atoms with Crippen LogP contribution in [-0.4, -0.2) is 0 Å². The van der Waals surface area contributed by atoms with Gasteiger partial charge in [-0.2, -0.15) is 0 Å². The van der Waals surface area contributed by atoms with Gasteiger partial charge in [0, 0.05) is 10.7 Å². The molecule has 0 heterocycles. The second-order valence-electron chi connectivity index (χ2n) is 6.33. The largest absolute Gasteiger partial charge is 0.103 e. The summed E-state index contributed by atoms with van der Waals surface area (Å²) in [7, 11) is 0. The molecule has 0 amide bonds. The zero-order valence-corrected chi connectivity index (χ0v) is 25.2. The van der Waals surface area contributed by atoms with Crippen LogP contribution in [0.2, 0.25) is 0 Å². The van der Waals surface area contributed by atoms with Crippen LogP contribution in [0.3, 0.4) is 0 Å². The molecule has 0 aliphatic heterocycles. The summed E-state index contributed by atoms with van der Waals surface area (Å²) >= 11 is 17.1. The van der Waals surface area contributed by atoms with Gasteiger partial charge in [0.05, 0.1) is 0 Å². The Morgan fingerprint density at radius 2 is 0.692 bits per heavy atom. The first-order valence-corrected chi connectivity index (χ1v) is 19.1. The molecule has 6 heteroatoms. The highest BCUT2D eigenvalue weighted by Gasteiger charge is 2.20. The van der Waals surface area contributed by atoms with Crippen molar-refractivity contribution in [1.29, 1.82) is 0 Å². The third kappa shape index (κ3) is 9.24. The van der Waals surface area contributed by atoms with E-state index in [1.807, 2.05) is 0 Å². The Labute approximate surface area is 203 Å². The van der Waals surface area contributed by atoms with Gasteiger partial charge in [0.1, 0.15) is 4.03 Å². The lowest BCUT2D eigenvalue weighted by molar-refractivity contribution is 0.788. The highest BCUT2D eigenvalue weighted by atomic mass is 80.0. The summed E-state index contributed by atoms with van der Waals surface area (Å²) in [5, 5.41) is 1.98. The van der Waals surface area contributed by atoms with E-state index >= 15 is 0 Å². The van der Waals surface area contributed by atoms with E-state index < -0.39 is 0 Å². The molecule has 0 aliphatic rings. The highest BCUT2D eigenvalue weighted by Crippen LogP contribution is 2.59. The molecule has 0 nitrogen and oxygen atoms in total. The topological polar surface area (TPSA) is 0 Å². The Bertz CT molecular complexity index is 472. The molecule has 0 N–H and O–H groups in total. The van der Waals surface area contributed by atoms with Crippen LogP contribution in [0.15, 0.2) is 0 Å². The lowest BCUT2D eigenvalue weighted by Gasteiger charge is -2.25. The van der Waals surface area contributed by atoms with Crippen molar-refractivity contribution in [2.24, 2.45) is 0 Å². The lowest BCUT2D eigenvalue weighted by Crippen LogP contribution is -2.12. The van der Waals surface area contributed by atoms with Gasteiger partial charge in [-0.15, -0.1) is 0 Å². The molecule has 0 atom stereocenters. The average molecular weight is 703 g/mol. The summed E-state index contributed by atoms with van der Waals surface area (Å²) in [5.41, 5.74) is 9.83. The first-order valence-electron chi connectivity index (χ1n) is 9.49. The number of rotatable bonds is 10. The van der Waals surface area contributed by atoms with E-state index in [4.69, 9.17) is 0 Å². The zero-order chi connectivity index (χ0) is 20.1. The standard InChI is InChI=1S/C20H32Br2.Br3P/c1-5-9-15-16(10-6-2)18(12-8-4)20(14-22)19(13-21)17(15)11-7-3;1-4(2)3/h5-14H2,1-4H3;. The molecule has 0 spiro atoms. The van der Waals surface area contributed by atoms with Crippen LogP contribution in [0.5, 0.6) is 0 Å². The second-order valence-corrected chi connectivity index (χ2v) is 22.8. The van der Waals surface area contributed by atoms with Gasteiger partial charge in [-0.25, -0.2) is 0 Å². The van der Waals surface area contributed by atoms with Crippen LogP contribution in [0.25, 0.3) is 0 Å². The fourth-order valence-corrected chi connectivity index (χ4v) is 4.98. The maximum atomic E-state index is 3.78. The fraction of sp³-hybridized carbons (Fsp3) is 0.700. The first-order chi connectivity index (χ1) is 12.4. The summed E-state index contributed by atoms with van der Waals surface area (Å²) in [5.74, 6) is 0. The Kier molecular flexibility index (Phi) is 18.1. The van der Waals surface area contributed by atoms with Crippen molar-refractivity contribution in [3.63, 3.8) is 0 Å². The monoisotopic (exact) mass is 698 g/mol. The zero-order valence-electron chi connectivity index (χ0n) is 16.4. The third-order valence-electron chi connectivity index (χ3n) is 4.45. The van der Waals surface area contributed by atoms with E-state index in [2.05, 4.69) is 106 Å². The van der Waals surface area contributed by atoms with Gasteiger partial charge in [-0.3, -0.25) is 0 Å². The normalized spacial score (nSPS) is 10.8. The summed E-state index contributed by atoms with van der Waals surface area (Å²) < 4.78 is -0.183. The van der Waals surface area contributed by atoms with Crippen molar-refractivity contribution < 1.29 is 0 Å². The maximum absolute atomic E-state index is 3.78. The van der Waals surface area contributed by atoms with E-state index in [1.54, 1.807) is 33.4 Å². The quantitative estimate of drug-likeness (QED) is 0.168. The summed E-state index contributed by atoms with van der Waals surface area (Å²) in [6, 6.07) is 0. The smallest absolute Gasteiger partial charge is 0.0876 e. The van der Waals surface area contributed by atoms with E-state index in [0.717, 1.165) is 10.7 Å². The highest BCUT2D eigenvalue weighted by molar-refractivity contribution is 9.93. The van der Waals surface area contributed by atoms with Gasteiger partial charge in [0.15, 0.2) is 0 Å². The summed E-state index contributed by atoms with van der Waals surface area (Å²) in [6.45, 7) is 9.25. The second kappa shape index (κ2) is 16.8. The average Bonchev–Trinajstić information content (AvgIpc) is 2.59. The van der Waals surface area contributed by atoms with Crippen molar-refractivity contribution in [3.05, 3.63) is 33.4 Å². The number of hydrogen-bond acceptors (Lipinski definition) is 0. The first kappa shape index (κ1) is 28.1. The van der Waals surface area contributed by atoms with Gasteiger partial charge in [-0.05, 0) is 106 Å². The van der Waals surface area contributed by atoms with Gasteiger partial charge in [0.2, 0.25) is 0 Å². The molecule has 0 unspecified atom stereocenters. The van der Waals surface area contributed by atoms with Gasteiger partial charge in [0.25, 0.3) is 0 Å². The number of hydrogen-bond donors (Lipinski definition) is 0. The minimum Gasteiger partial charge on any atom is -0.0876 e. The molecule has 152 valence electrons. The molecule has 0 aromatic heterocycles. The molecule has 0 aliphatic carbocycles. The predicted molar refractivity (Wildman–Crippen MR) is 141 cm³/mol.